The Morgan fingerprint density at radius 2 is 2.08 bits per heavy atom. The van der Waals surface area contributed by atoms with E-state index < -0.39 is 0 Å². The molecule has 25 heavy (non-hydrogen) atoms. The molecule has 3 rings (SSSR count). The van der Waals surface area contributed by atoms with Crippen molar-refractivity contribution in [3.63, 3.8) is 0 Å². The van der Waals surface area contributed by atoms with Gasteiger partial charge in [0.2, 0.25) is 0 Å². The highest BCUT2D eigenvalue weighted by Gasteiger charge is 2.31. The highest BCUT2D eigenvalue weighted by atomic mass is 16.5. The maximum atomic E-state index is 13.0. The van der Waals surface area contributed by atoms with Crippen LogP contribution in [0.25, 0.3) is 11.3 Å². The summed E-state index contributed by atoms with van der Waals surface area (Å²) >= 11 is 0. The summed E-state index contributed by atoms with van der Waals surface area (Å²) in [6, 6.07) is 9.56. The highest BCUT2D eigenvalue weighted by molar-refractivity contribution is 5.99. The normalized spacial score (nSPS) is 17.2. The largest absolute Gasteiger partial charge is 0.466 e. The summed E-state index contributed by atoms with van der Waals surface area (Å²) in [5, 5.41) is 0. The first-order chi connectivity index (χ1) is 12.2. The zero-order valence-corrected chi connectivity index (χ0v) is 14.2. The molecule has 0 N–H and O–H groups in total. The summed E-state index contributed by atoms with van der Waals surface area (Å²) in [5.41, 5.74) is 1.93. The van der Waals surface area contributed by atoms with Crippen molar-refractivity contribution in [3.8, 4) is 11.3 Å². The molecule has 6 nitrogen and oxygen atoms in total. The fourth-order valence-electron chi connectivity index (χ4n) is 3.10. The fourth-order valence-corrected chi connectivity index (χ4v) is 3.10. The van der Waals surface area contributed by atoms with Gasteiger partial charge in [-0.05, 0) is 19.8 Å². The number of carbonyl (C=O) groups excluding carboxylic acids is 2. The van der Waals surface area contributed by atoms with Crippen molar-refractivity contribution >= 4 is 11.9 Å². The highest BCUT2D eigenvalue weighted by Crippen LogP contribution is 2.24. The molecule has 1 fully saturated rings. The molecule has 0 radical (unpaired) electrons. The van der Waals surface area contributed by atoms with Gasteiger partial charge in [0.05, 0.1) is 23.8 Å². The van der Waals surface area contributed by atoms with Crippen LogP contribution in [0, 0.1) is 5.92 Å². The molecule has 130 valence electrons. The molecule has 6 heteroatoms. The van der Waals surface area contributed by atoms with Crippen LogP contribution in [0.15, 0.2) is 42.9 Å². The molecule has 1 aliphatic heterocycles. The number of nitrogens with zero attached hydrogens (tertiary/aromatic N) is 3. The van der Waals surface area contributed by atoms with E-state index in [1.54, 1.807) is 18.0 Å². The van der Waals surface area contributed by atoms with Gasteiger partial charge in [-0.2, -0.15) is 0 Å². The summed E-state index contributed by atoms with van der Waals surface area (Å²) in [7, 11) is 0. The van der Waals surface area contributed by atoms with E-state index in [9.17, 15) is 9.59 Å². The van der Waals surface area contributed by atoms with Gasteiger partial charge in [-0.25, -0.2) is 9.97 Å². The van der Waals surface area contributed by atoms with E-state index in [1.807, 2.05) is 30.3 Å². The van der Waals surface area contributed by atoms with Crippen LogP contribution in [-0.2, 0) is 9.53 Å². The number of amides is 1. The van der Waals surface area contributed by atoms with Crippen LogP contribution >= 0.6 is 0 Å². The maximum absolute atomic E-state index is 13.0. The minimum Gasteiger partial charge on any atom is -0.466 e. The van der Waals surface area contributed by atoms with Gasteiger partial charge < -0.3 is 9.64 Å². The Balaban J connectivity index is 1.83. The van der Waals surface area contributed by atoms with Gasteiger partial charge in [0.1, 0.15) is 6.33 Å². The Morgan fingerprint density at radius 1 is 1.28 bits per heavy atom. The first-order valence-corrected chi connectivity index (χ1v) is 8.52. The van der Waals surface area contributed by atoms with Crippen LogP contribution in [0.3, 0.4) is 0 Å². The van der Waals surface area contributed by atoms with E-state index in [4.69, 9.17) is 4.74 Å². The maximum Gasteiger partial charge on any atom is 0.310 e. The Bertz CT molecular complexity index is 749. The van der Waals surface area contributed by atoms with Crippen molar-refractivity contribution in [2.24, 2.45) is 5.92 Å². The molecule has 0 bridgehead atoms. The van der Waals surface area contributed by atoms with Crippen molar-refractivity contribution in [1.82, 2.24) is 14.9 Å². The van der Waals surface area contributed by atoms with Crippen molar-refractivity contribution in [2.45, 2.75) is 19.8 Å². The van der Waals surface area contributed by atoms with E-state index in [0.717, 1.165) is 18.4 Å². The molecule has 2 aromatic rings. The first kappa shape index (κ1) is 17.1. The molecule has 1 aromatic carbocycles. The third-order valence-electron chi connectivity index (χ3n) is 4.32. The Hall–Kier alpha value is -2.76. The topological polar surface area (TPSA) is 72.4 Å². The molecule has 2 heterocycles. The van der Waals surface area contributed by atoms with E-state index in [2.05, 4.69) is 9.97 Å². The van der Waals surface area contributed by atoms with Gasteiger partial charge in [-0.3, -0.25) is 9.59 Å². The number of benzene rings is 1. The summed E-state index contributed by atoms with van der Waals surface area (Å²) < 4.78 is 5.11. The third kappa shape index (κ3) is 3.84. The lowest BCUT2D eigenvalue weighted by molar-refractivity contribution is -0.149. The molecule has 0 spiro atoms. The zero-order valence-electron chi connectivity index (χ0n) is 14.2. The van der Waals surface area contributed by atoms with E-state index >= 15 is 0 Å². The Morgan fingerprint density at radius 3 is 2.84 bits per heavy atom. The zero-order chi connectivity index (χ0) is 17.6. The van der Waals surface area contributed by atoms with Crippen molar-refractivity contribution in [3.05, 3.63) is 48.4 Å². The average molecular weight is 339 g/mol. The summed E-state index contributed by atoms with van der Waals surface area (Å²) in [6.07, 6.45) is 4.52. The van der Waals surface area contributed by atoms with E-state index in [0.29, 0.717) is 31.0 Å². The molecule has 0 aliphatic carbocycles. The number of likely N-dealkylation sites (tertiary alicyclic amines) is 1. The van der Waals surface area contributed by atoms with Gasteiger partial charge in [-0.1, -0.05) is 30.3 Å². The number of esters is 1. The number of aromatic nitrogens is 2. The number of rotatable bonds is 4. The Labute approximate surface area is 146 Å². The predicted octanol–water partition coefficient (Wildman–Crippen LogP) is 2.56. The van der Waals surface area contributed by atoms with Gasteiger partial charge >= 0.3 is 5.97 Å². The Kier molecular flexibility index (Phi) is 5.38. The fraction of sp³-hybridized carbons (Fsp3) is 0.368. The predicted molar refractivity (Wildman–Crippen MR) is 92.7 cm³/mol. The quantitative estimate of drug-likeness (QED) is 0.801. The second-order valence-corrected chi connectivity index (χ2v) is 5.99. The van der Waals surface area contributed by atoms with Crippen LogP contribution in [0.1, 0.15) is 30.1 Å². The third-order valence-corrected chi connectivity index (χ3v) is 4.32. The number of ether oxygens (including phenoxy) is 1. The summed E-state index contributed by atoms with van der Waals surface area (Å²) in [6.45, 7) is 3.14. The minimum atomic E-state index is -0.262. The smallest absolute Gasteiger partial charge is 0.310 e. The standard InChI is InChI=1S/C19H21N3O3/c1-2-25-19(24)15-9-6-10-22(12-15)18(23)16-11-20-13-21-17(16)14-7-4-3-5-8-14/h3-5,7-8,11,13,15H,2,6,9-10,12H2,1H3. The minimum absolute atomic E-state index is 0.145. The van der Waals surface area contributed by atoms with Crippen LogP contribution in [-0.4, -0.2) is 46.4 Å². The molecule has 1 saturated heterocycles. The van der Waals surface area contributed by atoms with Crippen molar-refractivity contribution in [1.29, 1.82) is 0 Å². The monoisotopic (exact) mass is 339 g/mol. The lowest BCUT2D eigenvalue weighted by Crippen LogP contribution is -2.43. The molecule has 1 atom stereocenters. The van der Waals surface area contributed by atoms with Crippen LogP contribution in [0.5, 0.6) is 0 Å². The number of piperidine rings is 1. The number of carbonyl (C=O) groups is 2. The molecule has 1 amide bonds. The molecule has 1 aromatic heterocycles. The number of hydrogen-bond donors (Lipinski definition) is 0. The van der Waals surface area contributed by atoms with Gasteiger partial charge in [0.25, 0.3) is 5.91 Å². The first-order valence-electron chi connectivity index (χ1n) is 8.52. The summed E-state index contributed by atoms with van der Waals surface area (Å²) in [5.74, 6) is -0.636. The van der Waals surface area contributed by atoms with Crippen molar-refractivity contribution in [2.75, 3.05) is 19.7 Å². The molecular formula is C19H21N3O3. The SMILES string of the molecule is CCOC(=O)C1CCCN(C(=O)c2cncnc2-c2ccccc2)C1. The molecule has 0 saturated carbocycles. The molecule has 1 aliphatic rings. The lowest BCUT2D eigenvalue weighted by atomic mass is 9.97. The molecular weight excluding hydrogens is 318 g/mol. The van der Waals surface area contributed by atoms with Gasteiger partial charge in [0, 0.05) is 24.8 Å². The van der Waals surface area contributed by atoms with Crippen molar-refractivity contribution < 1.29 is 14.3 Å². The van der Waals surface area contributed by atoms with E-state index in [1.165, 1.54) is 6.33 Å². The van der Waals surface area contributed by atoms with Crippen LogP contribution in [0.4, 0.5) is 0 Å². The van der Waals surface area contributed by atoms with E-state index in [-0.39, 0.29) is 17.8 Å². The second-order valence-electron chi connectivity index (χ2n) is 5.99. The second kappa shape index (κ2) is 7.88. The van der Waals surface area contributed by atoms with Gasteiger partial charge in [0.15, 0.2) is 0 Å². The molecule has 1 unspecified atom stereocenters. The lowest BCUT2D eigenvalue weighted by Gasteiger charge is -2.31. The number of hydrogen-bond acceptors (Lipinski definition) is 5. The summed E-state index contributed by atoms with van der Waals surface area (Å²) in [4.78, 5) is 35.0. The van der Waals surface area contributed by atoms with Crippen LogP contribution < -0.4 is 0 Å². The van der Waals surface area contributed by atoms with Crippen LogP contribution in [0.2, 0.25) is 0 Å². The van der Waals surface area contributed by atoms with Gasteiger partial charge in [-0.15, -0.1) is 0 Å². The average Bonchev–Trinajstić information content (AvgIpc) is 2.68.